The van der Waals surface area contributed by atoms with E-state index in [4.69, 9.17) is 4.74 Å². The molecule has 1 amide bonds. The third-order valence-corrected chi connectivity index (χ3v) is 5.16. The Morgan fingerprint density at radius 1 is 1.40 bits per heavy atom. The highest BCUT2D eigenvalue weighted by Gasteiger charge is 2.26. The Morgan fingerprint density at radius 3 is 2.85 bits per heavy atom. The Hall–Kier alpha value is -0.550. The van der Waals surface area contributed by atoms with Gasteiger partial charge in [0.05, 0.1) is 12.7 Å². The first-order valence-electron chi connectivity index (χ1n) is 6.86. The first kappa shape index (κ1) is 15.8. The van der Waals surface area contributed by atoms with Gasteiger partial charge in [0.2, 0.25) is 0 Å². The van der Waals surface area contributed by atoms with Crippen molar-refractivity contribution in [2.24, 2.45) is 5.92 Å². The summed E-state index contributed by atoms with van der Waals surface area (Å²) in [5, 5.41) is 4.11. The largest absolute Gasteiger partial charge is 0.496 e. The normalized spacial score (nSPS) is 22.4. The Bertz CT molecular complexity index is 479. The molecule has 0 bridgehead atoms. The molecule has 2 atom stereocenters. The van der Waals surface area contributed by atoms with Gasteiger partial charge in [-0.2, -0.15) is 0 Å². The predicted octanol–water partition coefficient (Wildman–Crippen LogP) is 4.14. The Kier molecular flexibility index (Phi) is 5.90. The van der Waals surface area contributed by atoms with Crippen LogP contribution in [0.5, 0.6) is 5.75 Å². The number of rotatable bonds is 4. The van der Waals surface area contributed by atoms with E-state index in [9.17, 15) is 4.79 Å². The summed E-state index contributed by atoms with van der Waals surface area (Å²) >= 11 is 6.94. The number of hydrogen-bond acceptors (Lipinski definition) is 2. The van der Waals surface area contributed by atoms with Crippen molar-refractivity contribution >= 4 is 37.8 Å². The van der Waals surface area contributed by atoms with Gasteiger partial charge in [-0.1, -0.05) is 44.7 Å². The van der Waals surface area contributed by atoms with Crippen molar-refractivity contribution in [2.45, 2.75) is 31.7 Å². The molecule has 1 aromatic carbocycles. The van der Waals surface area contributed by atoms with Gasteiger partial charge >= 0.3 is 0 Å². The number of carbonyl (C=O) groups is 1. The standard InChI is InChI=1S/C15H19Br2NO2/c1-20-14-8-11(17)6-7-12(14)15(19)18-13-5-3-2-4-10(13)9-16/h6-8,10,13H,2-5,9H2,1H3,(H,18,19). The van der Waals surface area contributed by atoms with E-state index in [1.807, 2.05) is 12.1 Å². The Morgan fingerprint density at radius 2 is 2.15 bits per heavy atom. The molecule has 2 unspecified atom stereocenters. The molecule has 0 saturated heterocycles. The molecular formula is C15H19Br2NO2. The summed E-state index contributed by atoms with van der Waals surface area (Å²) in [6.45, 7) is 0. The summed E-state index contributed by atoms with van der Waals surface area (Å²) in [5.41, 5.74) is 0.592. The number of benzene rings is 1. The van der Waals surface area contributed by atoms with Gasteiger partial charge in [0.15, 0.2) is 0 Å². The topological polar surface area (TPSA) is 38.3 Å². The number of halogens is 2. The number of hydrogen-bond donors (Lipinski definition) is 1. The minimum absolute atomic E-state index is 0.0489. The highest BCUT2D eigenvalue weighted by atomic mass is 79.9. The van der Waals surface area contributed by atoms with Crippen LogP contribution in [0.4, 0.5) is 0 Å². The number of methoxy groups -OCH3 is 1. The summed E-state index contributed by atoms with van der Waals surface area (Å²) in [7, 11) is 1.58. The zero-order valence-corrected chi connectivity index (χ0v) is 14.7. The average Bonchev–Trinajstić information content (AvgIpc) is 2.47. The lowest BCUT2D eigenvalue weighted by Crippen LogP contribution is -2.42. The molecule has 1 fully saturated rings. The van der Waals surface area contributed by atoms with Gasteiger partial charge in [-0.25, -0.2) is 0 Å². The van der Waals surface area contributed by atoms with Gasteiger partial charge < -0.3 is 10.1 Å². The first-order valence-corrected chi connectivity index (χ1v) is 8.77. The SMILES string of the molecule is COc1cc(Br)ccc1C(=O)NC1CCCCC1CBr. The maximum Gasteiger partial charge on any atom is 0.255 e. The second-order valence-electron chi connectivity index (χ2n) is 5.12. The number of amides is 1. The van der Waals surface area contributed by atoms with Crippen molar-refractivity contribution in [3.63, 3.8) is 0 Å². The van der Waals surface area contributed by atoms with Gasteiger partial charge in [0.25, 0.3) is 5.91 Å². The van der Waals surface area contributed by atoms with Gasteiger partial charge in [0, 0.05) is 15.8 Å². The van der Waals surface area contributed by atoms with Crippen LogP contribution >= 0.6 is 31.9 Å². The van der Waals surface area contributed by atoms with E-state index in [0.29, 0.717) is 17.2 Å². The van der Waals surface area contributed by atoms with Gasteiger partial charge in [0.1, 0.15) is 5.75 Å². The van der Waals surface area contributed by atoms with E-state index in [-0.39, 0.29) is 11.9 Å². The van der Waals surface area contributed by atoms with Crippen molar-refractivity contribution in [1.29, 1.82) is 0 Å². The highest BCUT2D eigenvalue weighted by Crippen LogP contribution is 2.28. The van der Waals surface area contributed by atoms with Crippen LogP contribution in [0.25, 0.3) is 0 Å². The van der Waals surface area contributed by atoms with E-state index in [1.54, 1.807) is 13.2 Å². The third kappa shape index (κ3) is 3.76. The molecule has 20 heavy (non-hydrogen) atoms. The minimum Gasteiger partial charge on any atom is -0.496 e. The van der Waals surface area contributed by atoms with Gasteiger partial charge in [-0.3, -0.25) is 4.79 Å². The molecule has 1 aromatic rings. The lowest BCUT2D eigenvalue weighted by Gasteiger charge is -2.31. The summed E-state index contributed by atoms with van der Waals surface area (Å²) in [6.07, 6.45) is 4.67. The average molecular weight is 405 g/mol. The fourth-order valence-electron chi connectivity index (χ4n) is 2.68. The smallest absolute Gasteiger partial charge is 0.255 e. The molecule has 1 aliphatic rings. The van der Waals surface area contributed by atoms with Crippen molar-refractivity contribution < 1.29 is 9.53 Å². The summed E-state index contributed by atoms with van der Waals surface area (Å²) in [6, 6.07) is 5.73. The maximum atomic E-state index is 12.4. The molecule has 1 N–H and O–H groups in total. The van der Waals surface area contributed by atoms with Crippen molar-refractivity contribution in [1.82, 2.24) is 5.32 Å². The lowest BCUT2D eigenvalue weighted by atomic mass is 9.86. The van der Waals surface area contributed by atoms with E-state index >= 15 is 0 Å². The first-order chi connectivity index (χ1) is 9.65. The number of nitrogens with one attached hydrogen (secondary N) is 1. The minimum atomic E-state index is -0.0489. The monoisotopic (exact) mass is 403 g/mol. The number of carbonyl (C=O) groups excluding carboxylic acids is 1. The van der Waals surface area contributed by atoms with E-state index in [2.05, 4.69) is 37.2 Å². The maximum absolute atomic E-state index is 12.4. The van der Waals surface area contributed by atoms with Crippen LogP contribution in [0.2, 0.25) is 0 Å². The molecule has 5 heteroatoms. The number of alkyl halides is 1. The zero-order chi connectivity index (χ0) is 14.5. The summed E-state index contributed by atoms with van der Waals surface area (Å²) in [4.78, 5) is 12.4. The van der Waals surface area contributed by atoms with Crippen LogP contribution in [0.3, 0.4) is 0 Å². The molecule has 110 valence electrons. The Labute approximate surface area is 136 Å². The lowest BCUT2D eigenvalue weighted by molar-refractivity contribution is 0.0908. The summed E-state index contributed by atoms with van der Waals surface area (Å²) in [5.74, 6) is 1.07. The molecule has 0 spiro atoms. The fourth-order valence-corrected chi connectivity index (χ4v) is 3.80. The van der Waals surface area contributed by atoms with Crippen LogP contribution in [-0.4, -0.2) is 24.4 Å². The second-order valence-corrected chi connectivity index (χ2v) is 6.69. The van der Waals surface area contributed by atoms with E-state index in [0.717, 1.165) is 16.2 Å². The van der Waals surface area contributed by atoms with Crippen molar-refractivity contribution in [2.75, 3.05) is 12.4 Å². The van der Waals surface area contributed by atoms with Crippen LogP contribution in [0, 0.1) is 5.92 Å². The van der Waals surface area contributed by atoms with E-state index in [1.165, 1.54) is 19.3 Å². The molecule has 2 rings (SSSR count). The zero-order valence-electron chi connectivity index (χ0n) is 11.5. The molecule has 0 heterocycles. The van der Waals surface area contributed by atoms with E-state index < -0.39 is 0 Å². The molecule has 0 aliphatic heterocycles. The highest BCUT2D eigenvalue weighted by molar-refractivity contribution is 9.10. The van der Waals surface area contributed by atoms with Crippen molar-refractivity contribution in [3.05, 3.63) is 28.2 Å². The third-order valence-electron chi connectivity index (χ3n) is 3.83. The number of ether oxygens (including phenoxy) is 1. The van der Waals surface area contributed by atoms with Crippen LogP contribution in [-0.2, 0) is 0 Å². The Balaban J connectivity index is 2.11. The molecule has 0 aromatic heterocycles. The molecule has 1 saturated carbocycles. The molecule has 0 radical (unpaired) electrons. The molecule has 1 aliphatic carbocycles. The van der Waals surface area contributed by atoms with Crippen molar-refractivity contribution in [3.8, 4) is 5.75 Å². The summed E-state index contributed by atoms with van der Waals surface area (Å²) < 4.78 is 6.19. The van der Waals surface area contributed by atoms with Gasteiger partial charge in [-0.15, -0.1) is 0 Å². The second kappa shape index (κ2) is 7.46. The fraction of sp³-hybridized carbons (Fsp3) is 0.533. The molecular weight excluding hydrogens is 386 g/mol. The van der Waals surface area contributed by atoms with Crippen LogP contribution in [0.15, 0.2) is 22.7 Å². The van der Waals surface area contributed by atoms with Gasteiger partial charge in [-0.05, 0) is 37.0 Å². The predicted molar refractivity (Wildman–Crippen MR) is 87.7 cm³/mol. The quantitative estimate of drug-likeness (QED) is 0.765. The van der Waals surface area contributed by atoms with Crippen LogP contribution < -0.4 is 10.1 Å². The molecule has 3 nitrogen and oxygen atoms in total. The van der Waals surface area contributed by atoms with Crippen LogP contribution in [0.1, 0.15) is 36.0 Å².